The summed E-state index contributed by atoms with van der Waals surface area (Å²) in [7, 11) is 3.51. The summed E-state index contributed by atoms with van der Waals surface area (Å²) in [5.41, 5.74) is 1.77. The number of aromatic nitrogens is 1. The van der Waals surface area contributed by atoms with Crippen LogP contribution in [0.1, 0.15) is 5.69 Å². The molecular weight excluding hydrogens is 284 g/mol. The van der Waals surface area contributed by atoms with Crippen LogP contribution in [0.15, 0.2) is 33.5 Å². The van der Waals surface area contributed by atoms with Crippen LogP contribution in [0, 0.1) is 0 Å². The molecule has 0 amide bonds. The van der Waals surface area contributed by atoms with E-state index in [1.165, 1.54) is 6.39 Å². The lowest BCUT2D eigenvalue weighted by molar-refractivity contribution is 0.414. The van der Waals surface area contributed by atoms with Crippen molar-refractivity contribution in [2.75, 3.05) is 14.2 Å². The number of ether oxygens (including phenoxy) is 1. The zero-order valence-electron chi connectivity index (χ0n) is 9.66. The van der Waals surface area contributed by atoms with Crippen molar-refractivity contribution >= 4 is 15.9 Å². The van der Waals surface area contributed by atoms with Crippen LogP contribution in [0.3, 0.4) is 0 Å². The summed E-state index contributed by atoms with van der Waals surface area (Å²) in [6, 6.07) is 5.80. The monoisotopic (exact) mass is 296 g/mol. The standard InChI is InChI=1S/C12H13BrN2O2/c1-14-6-10-12(17-7-15-10)9-4-3-8(13)5-11(9)16-2/h3-5,7,14H,6H2,1-2H3. The van der Waals surface area contributed by atoms with Gasteiger partial charge in [0.2, 0.25) is 0 Å². The summed E-state index contributed by atoms with van der Waals surface area (Å²) in [5.74, 6) is 1.50. The van der Waals surface area contributed by atoms with Crippen molar-refractivity contribution < 1.29 is 9.15 Å². The predicted octanol–water partition coefficient (Wildman–Crippen LogP) is 2.83. The molecule has 17 heavy (non-hydrogen) atoms. The summed E-state index contributed by atoms with van der Waals surface area (Å²) < 4.78 is 11.7. The molecule has 0 bridgehead atoms. The van der Waals surface area contributed by atoms with E-state index in [0.29, 0.717) is 6.54 Å². The van der Waals surface area contributed by atoms with Gasteiger partial charge in [0.25, 0.3) is 0 Å². The molecule has 0 radical (unpaired) electrons. The maximum absolute atomic E-state index is 5.44. The third kappa shape index (κ3) is 2.50. The van der Waals surface area contributed by atoms with E-state index in [0.717, 1.165) is 27.2 Å². The second-order valence-corrected chi connectivity index (χ2v) is 4.42. The van der Waals surface area contributed by atoms with E-state index >= 15 is 0 Å². The maximum Gasteiger partial charge on any atom is 0.181 e. The topological polar surface area (TPSA) is 47.3 Å². The van der Waals surface area contributed by atoms with E-state index in [4.69, 9.17) is 9.15 Å². The summed E-state index contributed by atoms with van der Waals surface area (Å²) in [4.78, 5) is 4.18. The van der Waals surface area contributed by atoms with Gasteiger partial charge in [-0.3, -0.25) is 0 Å². The van der Waals surface area contributed by atoms with Gasteiger partial charge in [-0.1, -0.05) is 15.9 Å². The molecule has 1 heterocycles. The number of hydrogen-bond donors (Lipinski definition) is 1. The van der Waals surface area contributed by atoms with Gasteiger partial charge in [-0.25, -0.2) is 4.98 Å². The number of halogens is 1. The first-order valence-corrected chi connectivity index (χ1v) is 5.96. The summed E-state index contributed by atoms with van der Waals surface area (Å²) >= 11 is 3.41. The van der Waals surface area contributed by atoms with E-state index in [2.05, 4.69) is 26.2 Å². The summed E-state index contributed by atoms with van der Waals surface area (Å²) in [6.45, 7) is 0.658. The van der Waals surface area contributed by atoms with Crippen molar-refractivity contribution in [2.24, 2.45) is 0 Å². The van der Waals surface area contributed by atoms with Crippen molar-refractivity contribution in [3.8, 4) is 17.1 Å². The minimum atomic E-state index is 0.658. The fourth-order valence-electron chi connectivity index (χ4n) is 1.63. The zero-order chi connectivity index (χ0) is 12.3. The first-order valence-electron chi connectivity index (χ1n) is 5.17. The van der Waals surface area contributed by atoms with Crippen LogP contribution in [0.4, 0.5) is 0 Å². The highest BCUT2D eigenvalue weighted by molar-refractivity contribution is 9.10. The first-order chi connectivity index (χ1) is 8.26. The van der Waals surface area contributed by atoms with Crippen molar-refractivity contribution in [1.29, 1.82) is 0 Å². The van der Waals surface area contributed by atoms with Gasteiger partial charge in [-0.2, -0.15) is 0 Å². The van der Waals surface area contributed by atoms with Gasteiger partial charge in [0, 0.05) is 11.0 Å². The molecule has 0 aliphatic rings. The molecule has 4 nitrogen and oxygen atoms in total. The van der Waals surface area contributed by atoms with Crippen LogP contribution in [-0.2, 0) is 6.54 Å². The molecule has 0 aliphatic carbocycles. The molecule has 0 aliphatic heterocycles. The summed E-state index contributed by atoms with van der Waals surface area (Å²) in [6.07, 6.45) is 1.45. The van der Waals surface area contributed by atoms with Gasteiger partial charge in [0.15, 0.2) is 12.2 Å². The van der Waals surface area contributed by atoms with E-state index in [9.17, 15) is 0 Å². The van der Waals surface area contributed by atoms with Crippen LogP contribution in [0.25, 0.3) is 11.3 Å². The fourth-order valence-corrected chi connectivity index (χ4v) is 1.97. The predicted molar refractivity (Wildman–Crippen MR) is 69.0 cm³/mol. The fraction of sp³-hybridized carbons (Fsp3) is 0.250. The van der Waals surface area contributed by atoms with Gasteiger partial charge in [0.05, 0.1) is 12.7 Å². The van der Waals surface area contributed by atoms with E-state index in [1.807, 2.05) is 25.2 Å². The maximum atomic E-state index is 5.44. The van der Waals surface area contributed by atoms with E-state index in [-0.39, 0.29) is 0 Å². The van der Waals surface area contributed by atoms with Crippen molar-refractivity contribution in [2.45, 2.75) is 6.54 Å². The Balaban J connectivity index is 2.48. The van der Waals surface area contributed by atoms with Gasteiger partial charge >= 0.3 is 0 Å². The van der Waals surface area contributed by atoms with Crippen LogP contribution >= 0.6 is 15.9 Å². The lowest BCUT2D eigenvalue weighted by Gasteiger charge is -2.07. The average molecular weight is 297 g/mol. The molecule has 2 aromatic rings. The van der Waals surface area contributed by atoms with E-state index < -0.39 is 0 Å². The Bertz CT molecular complexity index is 511. The highest BCUT2D eigenvalue weighted by Crippen LogP contribution is 2.34. The largest absolute Gasteiger partial charge is 0.496 e. The van der Waals surface area contributed by atoms with Crippen molar-refractivity contribution in [1.82, 2.24) is 10.3 Å². The van der Waals surface area contributed by atoms with Crippen molar-refractivity contribution in [3.05, 3.63) is 34.8 Å². The minimum absolute atomic E-state index is 0.658. The molecule has 0 saturated heterocycles. The normalized spacial score (nSPS) is 10.5. The molecule has 0 atom stereocenters. The number of hydrogen-bond acceptors (Lipinski definition) is 4. The Hall–Kier alpha value is -1.33. The first kappa shape index (κ1) is 12.1. The Morgan fingerprint density at radius 1 is 1.47 bits per heavy atom. The van der Waals surface area contributed by atoms with Gasteiger partial charge in [-0.05, 0) is 25.2 Å². The Kier molecular flexibility index (Phi) is 3.81. The van der Waals surface area contributed by atoms with Gasteiger partial charge < -0.3 is 14.5 Å². The summed E-state index contributed by atoms with van der Waals surface area (Å²) in [5, 5.41) is 3.06. The van der Waals surface area contributed by atoms with Gasteiger partial charge in [0.1, 0.15) is 11.4 Å². The molecule has 1 aromatic carbocycles. The van der Waals surface area contributed by atoms with Crippen LogP contribution < -0.4 is 10.1 Å². The number of rotatable bonds is 4. The third-order valence-electron chi connectivity index (χ3n) is 2.39. The molecule has 1 aromatic heterocycles. The second-order valence-electron chi connectivity index (χ2n) is 3.50. The molecule has 0 fully saturated rings. The molecule has 90 valence electrons. The number of methoxy groups -OCH3 is 1. The van der Waals surface area contributed by atoms with Crippen LogP contribution in [0.5, 0.6) is 5.75 Å². The molecular formula is C12H13BrN2O2. The molecule has 2 rings (SSSR count). The van der Waals surface area contributed by atoms with Crippen LogP contribution in [-0.4, -0.2) is 19.1 Å². The SMILES string of the molecule is CNCc1ncoc1-c1ccc(Br)cc1OC. The average Bonchev–Trinajstić information content (AvgIpc) is 2.77. The Morgan fingerprint density at radius 2 is 2.29 bits per heavy atom. The second kappa shape index (κ2) is 5.33. The number of nitrogens with zero attached hydrogens (tertiary/aromatic N) is 1. The molecule has 1 N–H and O–H groups in total. The zero-order valence-corrected chi connectivity index (χ0v) is 11.2. The number of oxazole rings is 1. The van der Waals surface area contributed by atoms with Crippen LogP contribution in [0.2, 0.25) is 0 Å². The van der Waals surface area contributed by atoms with Crippen molar-refractivity contribution in [3.63, 3.8) is 0 Å². The molecule has 0 unspecified atom stereocenters. The lowest BCUT2D eigenvalue weighted by atomic mass is 10.1. The molecule has 5 heteroatoms. The highest BCUT2D eigenvalue weighted by Gasteiger charge is 2.14. The Labute approximate surface area is 108 Å². The van der Waals surface area contributed by atoms with E-state index in [1.54, 1.807) is 7.11 Å². The third-order valence-corrected chi connectivity index (χ3v) is 2.89. The quantitative estimate of drug-likeness (QED) is 0.942. The highest BCUT2D eigenvalue weighted by atomic mass is 79.9. The smallest absolute Gasteiger partial charge is 0.181 e. The Morgan fingerprint density at radius 3 is 3.00 bits per heavy atom. The lowest BCUT2D eigenvalue weighted by Crippen LogP contribution is -2.06. The number of benzene rings is 1. The minimum Gasteiger partial charge on any atom is -0.496 e. The molecule has 0 spiro atoms. The molecule has 0 saturated carbocycles. The number of nitrogens with one attached hydrogen (secondary N) is 1. The van der Waals surface area contributed by atoms with Gasteiger partial charge in [-0.15, -0.1) is 0 Å².